The Hall–Kier alpha value is -2.14. The van der Waals surface area contributed by atoms with Crippen LogP contribution in [-0.4, -0.2) is 54.1 Å². The van der Waals surface area contributed by atoms with Crippen LogP contribution in [0.3, 0.4) is 0 Å². The van der Waals surface area contributed by atoms with E-state index in [0.717, 1.165) is 6.92 Å². The molecule has 0 amide bonds. The predicted octanol–water partition coefficient (Wildman–Crippen LogP) is 0.682. The van der Waals surface area contributed by atoms with Crippen LogP contribution < -0.4 is 0 Å². The van der Waals surface area contributed by atoms with Crippen molar-refractivity contribution in [1.82, 2.24) is 0 Å². The number of hydrogen-bond acceptors (Lipinski definition) is 9. The van der Waals surface area contributed by atoms with Gasteiger partial charge in [0.05, 0.1) is 6.61 Å². The van der Waals surface area contributed by atoms with Crippen molar-refractivity contribution in [1.29, 1.82) is 0 Å². The molecule has 128 valence electrons. The highest BCUT2D eigenvalue weighted by Crippen LogP contribution is 2.35. The van der Waals surface area contributed by atoms with E-state index in [1.165, 1.54) is 0 Å². The van der Waals surface area contributed by atoms with E-state index in [2.05, 4.69) is 14.9 Å². The predicted molar refractivity (Wildman–Crippen MR) is 70.1 cm³/mol. The molecule has 12 nitrogen and oxygen atoms in total. The normalized spacial score (nSPS) is 35.3. The Morgan fingerprint density at radius 2 is 2.22 bits per heavy atom. The Morgan fingerprint density at radius 3 is 2.78 bits per heavy atom. The number of fused-ring (bicyclic) bond motifs is 1. The zero-order chi connectivity index (χ0) is 17.2. The van der Waals surface area contributed by atoms with Gasteiger partial charge in [0.25, 0.3) is 5.09 Å². The zero-order valence-corrected chi connectivity index (χ0v) is 12.6. The van der Waals surface area contributed by atoms with E-state index >= 15 is 0 Å². The van der Waals surface area contributed by atoms with E-state index in [0.29, 0.717) is 0 Å². The van der Waals surface area contributed by atoms with E-state index in [-0.39, 0.29) is 6.61 Å². The van der Waals surface area contributed by atoms with Crippen LogP contribution in [-0.2, 0) is 28.6 Å². The molecule has 2 rings (SSSR count). The Kier molecular flexibility index (Phi) is 4.90. The van der Waals surface area contributed by atoms with Crippen LogP contribution in [0.15, 0.2) is 5.11 Å². The third kappa shape index (κ3) is 3.99. The van der Waals surface area contributed by atoms with Crippen molar-refractivity contribution in [2.45, 2.75) is 57.2 Å². The SMILES string of the molecule is CC(=O)O[C@H]1[C@@H]2OC(C)(C)OC[C@H]2OC(O[N+](=O)[O-])[C@H]1N=[N+]=[N-]. The van der Waals surface area contributed by atoms with Crippen molar-refractivity contribution in [3.05, 3.63) is 20.6 Å². The minimum atomic E-state index is -1.54. The summed E-state index contributed by atoms with van der Waals surface area (Å²) in [4.78, 5) is 29.0. The fourth-order valence-corrected chi connectivity index (χ4v) is 2.49. The molecule has 0 aromatic heterocycles. The first-order valence-electron chi connectivity index (χ1n) is 6.73. The largest absolute Gasteiger partial charge is 0.459 e. The third-order valence-electron chi connectivity index (χ3n) is 3.31. The fraction of sp³-hybridized carbons (Fsp3) is 0.909. The standard InChI is InChI=1S/C11H16N4O8/c1-5(16)20-9-7(13-14-12)10(23-15(17)18)21-6-4-19-11(2,3)22-8(6)9/h6-10H,4H2,1-3H3/t6-,7+,8-,9-,10?/m1/s1. The molecule has 2 aliphatic rings. The zero-order valence-electron chi connectivity index (χ0n) is 12.6. The minimum Gasteiger partial charge on any atom is -0.459 e. The molecular weight excluding hydrogens is 316 g/mol. The van der Waals surface area contributed by atoms with Gasteiger partial charge in [0.15, 0.2) is 5.79 Å². The molecule has 0 spiro atoms. The van der Waals surface area contributed by atoms with Gasteiger partial charge in [-0.3, -0.25) is 9.63 Å². The Labute approximate surface area is 130 Å². The number of esters is 1. The van der Waals surface area contributed by atoms with Crippen molar-refractivity contribution in [3.63, 3.8) is 0 Å². The van der Waals surface area contributed by atoms with Crippen molar-refractivity contribution in [2.24, 2.45) is 5.11 Å². The van der Waals surface area contributed by atoms with Crippen molar-refractivity contribution in [2.75, 3.05) is 6.61 Å². The number of rotatable bonds is 4. The molecule has 2 fully saturated rings. The Morgan fingerprint density at radius 1 is 1.52 bits per heavy atom. The molecule has 2 aliphatic heterocycles. The summed E-state index contributed by atoms with van der Waals surface area (Å²) >= 11 is 0. The van der Waals surface area contributed by atoms with E-state index < -0.39 is 47.5 Å². The van der Waals surface area contributed by atoms with Gasteiger partial charge in [0, 0.05) is 11.8 Å². The van der Waals surface area contributed by atoms with E-state index in [4.69, 9.17) is 24.5 Å². The highest BCUT2D eigenvalue weighted by molar-refractivity contribution is 5.66. The summed E-state index contributed by atoms with van der Waals surface area (Å²) in [5, 5.41) is 12.9. The average Bonchev–Trinajstić information content (AvgIpc) is 2.41. The summed E-state index contributed by atoms with van der Waals surface area (Å²) in [7, 11) is 0. The summed E-state index contributed by atoms with van der Waals surface area (Å²) in [6.07, 6.45) is -4.28. The molecule has 0 aromatic rings. The van der Waals surface area contributed by atoms with Gasteiger partial charge in [-0.2, -0.15) is 0 Å². The second-order valence-corrected chi connectivity index (χ2v) is 5.43. The molecule has 23 heavy (non-hydrogen) atoms. The average molecular weight is 332 g/mol. The summed E-state index contributed by atoms with van der Waals surface area (Å²) in [5.74, 6) is -1.65. The Balaban J connectivity index is 2.34. The van der Waals surface area contributed by atoms with Crippen LogP contribution in [0.4, 0.5) is 0 Å². The lowest BCUT2D eigenvalue weighted by molar-refractivity contribution is -0.784. The molecule has 2 saturated heterocycles. The van der Waals surface area contributed by atoms with Gasteiger partial charge in [-0.15, -0.1) is 10.1 Å². The van der Waals surface area contributed by atoms with Gasteiger partial charge in [-0.05, 0) is 19.4 Å². The number of carbonyl (C=O) groups is 1. The lowest BCUT2D eigenvalue weighted by Crippen LogP contribution is -2.65. The van der Waals surface area contributed by atoms with Crippen molar-refractivity contribution in [3.8, 4) is 0 Å². The molecule has 0 aromatic carbocycles. The number of hydrogen-bond donors (Lipinski definition) is 0. The second kappa shape index (κ2) is 6.54. The highest BCUT2D eigenvalue weighted by Gasteiger charge is 2.53. The number of ether oxygens (including phenoxy) is 4. The topological polar surface area (TPSA) is 155 Å². The van der Waals surface area contributed by atoms with Gasteiger partial charge >= 0.3 is 5.97 Å². The van der Waals surface area contributed by atoms with Crippen LogP contribution in [0.1, 0.15) is 20.8 Å². The second-order valence-electron chi connectivity index (χ2n) is 5.43. The third-order valence-corrected chi connectivity index (χ3v) is 3.31. The smallest absolute Gasteiger partial charge is 0.303 e. The monoisotopic (exact) mass is 332 g/mol. The first kappa shape index (κ1) is 17.2. The molecule has 12 heteroatoms. The molecule has 2 heterocycles. The van der Waals surface area contributed by atoms with Crippen LogP contribution in [0.25, 0.3) is 10.4 Å². The number of carbonyl (C=O) groups excluding carboxylic acids is 1. The van der Waals surface area contributed by atoms with Gasteiger partial charge in [0.1, 0.15) is 24.4 Å². The fourth-order valence-electron chi connectivity index (χ4n) is 2.49. The van der Waals surface area contributed by atoms with Crippen molar-refractivity contribution >= 4 is 5.97 Å². The molecule has 0 aliphatic carbocycles. The lowest BCUT2D eigenvalue weighted by atomic mass is 9.95. The molecule has 0 saturated carbocycles. The number of nitrogens with zero attached hydrogens (tertiary/aromatic N) is 4. The minimum absolute atomic E-state index is 0.0377. The summed E-state index contributed by atoms with van der Waals surface area (Å²) in [5.41, 5.74) is 8.69. The molecule has 0 bridgehead atoms. The first-order valence-corrected chi connectivity index (χ1v) is 6.73. The maximum absolute atomic E-state index is 11.4. The van der Waals surface area contributed by atoms with Crippen LogP contribution >= 0.6 is 0 Å². The van der Waals surface area contributed by atoms with Gasteiger partial charge < -0.3 is 18.9 Å². The summed E-state index contributed by atoms with van der Waals surface area (Å²) in [6.45, 7) is 4.49. The van der Waals surface area contributed by atoms with E-state index in [9.17, 15) is 14.9 Å². The van der Waals surface area contributed by atoms with Gasteiger partial charge in [0.2, 0.25) is 6.29 Å². The van der Waals surface area contributed by atoms with E-state index in [1.54, 1.807) is 13.8 Å². The first-order chi connectivity index (χ1) is 10.7. The summed E-state index contributed by atoms with van der Waals surface area (Å²) < 4.78 is 21.7. The molecular formula is C11H16N4O8. The Bertz CT molecular complexity index is 534. The van der Waals surface area contributed by atoms with Gasteiger partial charge in [-0.1, -0.05) is 5.11 Å². The molecule has 0 N–H and O–H groups in total. The van der Waals surface area contributed by atoms with Crippen molar-refractivity contribution < 1.29 is 33.7 Å². The molecule has 5 atom stereocenters. The maximum atomic E-state index is 11.4. The quantitative estimate of drug-likeness (QED) is 0.182. The van der Waals surface area contributed by atoms with Crippen LogP contribution in [0.5, 0.6) is 0 Å². The molecule has 0 radical (unpaired) electrons. The van der Waals surface area contributed by atoms with Crippen LogP contribution in [0, 0.1) is 10.1 Å². The lowest BCUT2D eigenvalue weighted by Gasteiger charge is -2.49. The van der Waals surface area contributed by atoms with Crippen LogP contribution in [0.2, 0.25) is 0 Å². The maximum Gasteiger partial charge on any atom is 0.303 e. The highest BCUT2D eigenvalue weighted by atomic mass is 17.0. The number of azide groups is 1. The summed E-state index contributed by atoms with van der Waals surface area (Å²) in [6, 6.07) is -1.29. The van der Waals surface area contributed by atoms with E-state index in [1.807, 2.05) is 0 Å². The molecule has 1 unspecified atom stereocenters. The van der Waals surface area contributed by atoms with Gasteiger partial charge in [-0.25, -0.2) is 0 Å².